The molecule has 0 spiro atoms. The lowest BCUT2D eigenvalue weighted by atomic mass is 10.2. The van der Waals surface area contributed by atoms with Gasteiger partial charge in [0.1, 0.15) is 11.6 Å². The Bertz CT molecular complexity index is 792. The van der Waals surface area contributed by atoms with Crippen LogP contribution in [-0.4, -0.2) is 48.6 Å². The lowest BCUT2D eigenvalue weighted by Gasteiger charge is -2.35. The second-order valence-electron chi connectivity index (χ2n) is 5.94. The number of anilines is 1. The van der Waals surface area contributed by atoms with Gasteiger partial charge in [0.05, 0.1) is 11.6 Å². The lowest BCUT2D eigenvalue weighted by molar-refractivity contribution is -0.133. The molecule has 1 fully saturated rings. The highest BCUT2D eigenvalue weighted by Crippen LogP contribution is 2.17. The van der Waals surface area contributed by atoms with Crippen molar-refractivity contribution >= 4 is 11.7 Å². The molecule has 0 saturated carbocycles. The van der Waals surface area contributed by atoms with Gasteiger partial charge in [-0.1, -0.05) is 18.2 Å². The molecule has 128 valence electrons. The number of aryl methyl sites for hydroxylation is 1. The number of carbonyl (C=O) groups is 1. The molecule has 2 aromatic rings. The summed E-state index contributed by atoms with van der Waals surface area (Å²) in [5.41, 5.74) is 1.61. The number of nitriles is 1. The molecule has 0 aliphatic carbocycles. The normalized spacial score (nSPS) is 14.1. The predicted octanol–water partition coefficient (Wildman–Crippen LogP) is 1.99. The molecule has 1 aliphatic heterocycles. The van der Waals surface area contributed by atoms with Crippen LogP contribution < -0.4 is 9.64 Å². The Morgan fingerprint density at radius 3 is 2.72 bits per heavy atom. The molecule has 6 nitrogen and oxygen atoms in total. The van der Waals surface area contributed by atoms with Crippen molar-refractivity contribution in [1.82, 2.24) is 9.88 Å². The predicted molar refractivity (Wildman–Crippen MR) is 94.4 cm³/mol. The third-order valence-corrected chi connectivity index (χ3v) is 4.28. The van der Waals surface area contributed by atoms with E-state index in [0.717, 1.165) is 17.1 Å². The fourth-order valence-corrected chi connectivity index (χ4v) is 2.79. The number of aromatic nitrogens is 1. The summed E-state index contributed by atoms with van der Waals surface area (Å²) in [7, 11) is 0. The maximum Gasteiger partial charge on any atom is 0.260 e. The number of benzene rings is 1. The van der Waals surface area contributed by atoms with Gasteiger partial charge in [-0.2, -0.15) is 5.26 Å². The topological polar surface area (TPSA) is 69.5 Å². The van der Waals surface area contributed by atoms with Gasteiger partial charge in [-0.3, -0.25) is 4.79 Å². The summed E-state index contributed by atoms with van der Waals surface area (Å²) in [5, 5.41) is 8.98. The first-order valence-electron chi connectivity index (χ1n) is 8.24. The van der Waals surface area contributed by atoms with Crippen molar-refractivity contribution in [2.75, 3.05) is 37.7 Å². The van der Waals surface area contributed by atoms with E-state index in [0.29, 0.717) is 31.7 Å². The zero-order valence-electron chi connectivity index (χ0n) is 14.2. The molecule has 0 unspecified atom stereocenters. The molecule has 0 radical (unpaired) electrons. The van der Waals surface area contributed by atoms with Gasteiger partial charge in [-0.15, -0.1) is 0 Å². The third kappa shape index (κ3) is 4.07. The minimum atomic E-state index is -0.0124. The molecule has 1 saturated heterocycles. The van der Waals surface area contributed by atoms with Crippen LogP contribution >= 0.6 is 0 Å². The Morgan fingerprint density at radius 2 is 2.00 bits per heavy atom. The number of rotatable bonds is 4. The van der Waals surface area contributed by atoms with E-state index in [4.69, 9.17) is 10.00 Å². The molecule has 0 atom stereocenters. The van der Waals surface area contributed by atoms with Crippen molar-refractivity contribution in [2.24, 2.45) is 0 Å². The molecular weight excluding hydrogens is 316 g/mol. The first kappa shape index (κ1) is 16.8. The highest BCUT2D eigenvalue weighted by atomic mass is 16.5. The van der Waals surface area contributed by atoms with Crippen molar-refractivity contribution < 1.29 is 9.53 Å². The van der Waals surface area contributed by atoms with E-state index in [2.05, 4.69) is 16.0 Å². The summed E-state index contributed by atoms with van der Waals surface area (Å²) in [5.74, 6) is 1.51. The van der Waals surface area contributed by atoms with Gasteiger partial charge in [-0.25, -0.2) is 4.98 Å². The summed E-state index contributed by atoms with van der Waals surface area (Å²) in [6, 6.07) is 13.3. The molecule has 6 heteroatoms. The number of para-hydroxylation sites is 1. The number of ether oxygens (including phenoxy) is 1. The highest BCUT2D eigenvalue weighted by molar-refractivity contribution is 5.78. The summed E-state index contributed by atoms with van der Waals surface area (Å²) >= 11 is 0. The zero-order valence-corrected chi connectivity index (χ0v) is 14.2. The summed E-state index contributed by atoms with van der Waals surface area (Å²) in [6.45, 7) is 4.63. The van der Waals surface area contributed by atoms with E-state index in [9.17, 15) is 4.79 Å². The van der Waals surface area contributed by atoms with Crippen LogP contribution in [0.5, 0.6) is 5.75 Å². The second-order valence-corrected chi connectivity index (χ2v) is 5.94. The maximum absolute atomic E-state index is 12.4. The van der Waals surface area contributed by atoms with E-state index < -0.39 is 0 Å². The highest BCUT2D eigenvalue weighted by Gasteiger charge is 2.22. The number of hydrogen-bond acceptors (Lipinski definition) is 5. The maximum atomic E-state index is 12.4. The van der Waals surface area contributed by atoms with Crippen molar-refractivity contribution in [1.29, 1.82) is 5.26 Å². The van der Waals surface area contributed by atoms with Crippen LogP contribution in [0.1, 0.15) is 11.1 Å². The molecule has 1 aromatic heterocycles. The molecule has 1 amide bonds. The molecule has 25 heavy (non-hydrogen) atoms. The number of piperazine rings is 1. The van der Waals surface area contributed by atoms with Gasteiger partial charge >= 0.3 is 0 Å². The van der Waals surface area contributed by atoms with Crippen molar-refractivity contribution in [2.45, 2.75) is 6.92 Å². The minimum Gasteiger partial charge on any atom is -0.484 e. The molecule has 0 bridgehead atoms. The third-order valence-electron chi connectivity index (χ3n) is 4.28. The molecule has 3 rings (SSSR count). The molecule has 0 N–H and O–H groups in total. The largest absolute Gasteiger partial charge is 0.484 e. The SMILES string of the molecule is Cc1ccccc1OCC(=O)N1CCN(c2cc(C#N)ccn2)CC1. The number of hydrogen-bond donors (Lipinski definition) is 0. The molecule has 1 aliphatic rings. The van der Waals surface area contributed by atoms with Gasteiger partial charge in [0.2, 0.25) is 0 Å². The van der Waals surface area contributed by atoms with E-state index in [1.165, 1.54) is 0 Å². The first-order chi connectivity index (χ1) is 12.2. The Hall–Kier alpha value is -3.07. The van der Waals surface area contributed by atoms with E-state index in [-0.39, 0.29) is 12.5 Å². The summed E-state index contributed by atoms with van der Waals surface area (Å²) < 4.78 is 5.64. The van der Waals surface area contributed by atoms with Crippen LogP contribution in [-0.2, 0) is 4.79 Å². The zero-order chi connectivity index (χ0) is 17.6. The monoisotopic (exact) mass is 336 g/mol. The van der Waals surface area contributed by atoms with Gasteiger partial charge in [0, 0.05) is 32.4 Å². The van der Waals surface area contributed by atoms with Crippen LogP contribution in [0.3, 0.4) is 0 Å². The van der Waals surface area contributed by atoms with Crippen LogP contribution in [0, 0.1) is 18.3 Å². The van der Waals surface area contributed by atoms with Crippen LogP contribution in [0.15, 0.2) is 42.6 Å². The van der Waals surface area contributed by atoms with Crippen LogP contribution in [0.25, 0.3) is 0 Å². The smallest absolute Gasteiger partial charge is 0.260 e. The minimum absolute atomic E-state index is 0.0124. The Kier molecular flexibility index (Phi) is 5.14. The molecule has 2 heterocycles. The van der Waals surface area contributed by atoms with Gasteiger partial charge in [-0.05, 0) is 30.7 Å². The van der Waals surface area contributed by atoms with Gasteiger partial charge in [0.15, 0.2) is 6.61 Å². The Morgan fingerprint density at radius 1 is 1.24 bits per heavy atom. The van der Waals surface area contributed by atoms with E-state index in [1.54, 1.807) is 18.3 Å². The first-order valence-corrected chi connectivity index (χ1v) is 8.24. The molecule has 1 aromatic carbocycles. The molecular formula is C19H20N4O2. The summed E-state index contributed by atoms with van der Waals surface area (Å²) in [6.07, 6.45) is 1.64. The quantitative estimate of drug-likeness (QED) is 0.854. The van der Waals surface area contributed by atoms with E-state index in [1.807, 2.05) is 36.1 Å². The lowest BCUT2D eigenvalue weighted by Crippen LogP contribution is -2.50. The van der Waals surface area contributed by atoms with Gasteiger partial charge < -0.3 is 14.5 Å². The number of carbonyl (C=O) groups excluding carboxylic acids is 1. The Balaban J connectivity index is 1.52. The van der Waals surface area contributed by atoms with Crippen molar-refractivity contribution in [3.63, 3.8) is 0 Å². The second kappa shape index (κ2) is 7.67. The average molecular weight is 336 g/mol. The van der Waals surface area contributed by atoms with Crippen LogP contribution in [0.2, 0.25) is 0 Å². The van der Waals surface area contributed by atoms with Crippen molar-refractivity contribution in [3.05, 3.63) is 53.7 Å². The average Bonchev–Trinajstić information content (AvgIpc) is 2.67. The number of pyridine rings is 1. The summed E-state index contributed by atoms with van der Waals surface area (Å²) in [4.78, 5) is 20.6. The number of nitrogens with zero attached hydrogens (tertiary/aromatic N) is 4. The fraction of sp³-hybridized carbons (Fsp3) is 0.316. The fourth-order valence-electron chi connectivity index (χ4n) is 2.79. The number of amides is 1. The standard InChI is InChI=1S/C19H20N4O2/c1-15-4-2-3-5-17(15)25-14-19(24)23-10-8-22(9-11-23)18-12-16(13-20)6-7-21-18/h2-7,12H,8-11,14H2,1H3. The van der Waals surface area contributed by atoms with Crippen LogP contribution in [0.4, 0.5) is 5.82 Å². The van der Waals surface area contributed by atoms with Gasteiger partial charge in [0.25, 0.3) is 5.91 Å². The van der Waals surface area contributed by atoms with E-state index >= 15 is 0 Å². The Labute approximate surface area is 147 Å². The van der Waals surface area contributed by atoms with Crippen molar-refractivity contribution in [3.8, 4) is 11.8 Å².